The van der Waals surface area contributed by atoms with E-state index in [9.17, 15) is 10.1 Å². The van der Waals surface area contributed by atoms with Gasteiger partial charge < -0.3 is 14.9 Å². The Balaban J connectivity index is 1.52. The second-order valence-corrected chi connectivity index (χ2v) is 8.49. The molecule has 2 heterocycles. The van der Waals surface area contributed by atoms with Crippen molar-refractivity contribution >= 4 is 34.5 Å². The van der Waals surface area contributed by atoms with Crippen molar-refractivity contribution in [2.75, 3.05) is 6.54 Å². The molecule has 4 aromatic rings. The molecule has 0 unspecified atom stereocenters. The van der Waals surface area contributed by atoms with Gasteiger partial charge in [-0.2, -0.15) is 5.26 Å². The number of carbonyl (C=O) groups excluding carboxylic acids is 1. The lowest BCUT2D eigenvalue weighted by Crippen LogP contribution is -2.26. The topological polar surface area (TPSA) is 73.6 Å². The number of fused-ring (bicyclic) bond motifs is 1. The number of aromatic amines is 1. The van der Waals surface area contributed by atoms with Crippen molar-refractivity contribution in [1.29, 1.82) is 5.26 Å². The van der Waals surface area contributed by atoms with Crippen LogP contribution in [0.15, 0.2) is 60.3 Å². The third kappa shape index (κ3) is 4.44. The Morgan fingerprint density at radius 1 is 1.18 bits per heavy atom. The van der Waals surface area contributed by atoms with Crippen molar-refractivity contribution in [3.8, 4) is 11.8 Å². The van der Waals surface area contributed by atoms with Crippen LogP contribution in [0.2, 0.25) is 5.02 Å². The van der Waals surface area contributed by atoms with Gasteiger partial charge in [-0.25, -0.2) is 0 Å². The van der Waals surface area contributed by atoms with Gasteiger partial charge in [0.2, 0.25) is 0 Å². The van der Waals surface area contributed by atoms with Crippen LogP contribution in [-0.4, -0.2) is 22.0 Å². The number of hydrogen-bond acceptors (Lipinski definition) is 2. The minimum Gasteiger partial charge on any atom is -0.361 e. The molecule has 0 aliphatic heterocycles. The molecule has 0 radical (unpaired) electrons. The summed E-state index contributed by atoms with van der Waals surface area (Å²) in [5.74, 6) is -0.374. The van der Waals surface area contributed by atoms with E-state index < -0.39 is 0 Å². The highest BCUT2D eigenvalue weighted by Crippen LogP contribution is 2.28. The molecule has 1 amide bonds. The van der Waals surface area contributed by atoms with Gasteiger partial charge >= 0.3 is 0 Å². The molecule has 166 valence electrons. The maximum Gasteiger partial charge on any atom is 0.261 e. The van der Waals surface area contributed by atoms with Gasteiger partial charge in [0.05, 0.1) is 0 Å². The molecule has 5 nitrogen and oxygen atoms in total. The molecule has 0 fully saturated rings. The maximum absolute atomic E-state index is 12.7. The molecule has 2 aromatic carbocycles. The van der Waals surface area contributed by atoms with Crippen LogP contribution < -0.4 is 5.32 Å². The normalized spacial score (nSPS) is 11.5. The molecule has 0 atom stereocenters. The number of benzene rings is 2. The number of nitrogens with zero attached hydrogens (tertiary/aromatic N) is 2. The van der Waals surface area contributed by atoms with Crippen LogP contribution in [0.5, 0.6) is 0 Å². The number of H-pyrrole nitrogens is 1. The van der Waals surface area contributed by atoms with Crippen LogP contribution in [0.3, 0.4) is 0 Å². The third-order valence-electron chi connectivity index (χ3n) is 5.97. The zero-order valence-corrected chi connectivity index (χ0v) is 19.6. The van der Waals surface area contributed by atoms with Crippen molar-refractivity contribution in [2.24, 2.45) is 0 Å². The summed E-state index contributed by atoms with van der Waals surface area (Å²) in [4.78, 5) is 15.9. The highest BCUT2D eigenvalue weighted by atomic mass is 35.5. The summed E-state index contributed by atoms with van der Waals surface area (Å²) in [6, 6.07) is 17.9. The summed E-state index contributed by atoms with van der Waals surface area (Å²) in [5.41, 5.74) is 7.02. The highest BCUT2D eigenvalue weighted by Gasteiger charge is 2.15. The van der Waals surface area contributed by atoms with Crippen LogP contribution in [-0.2, 0) is 11.2 Å². The van der Waals surface area contributed by atoms with Gasteiger partial charge in [-0.15, -0.1) is 0 Å². The average Bonchev–Trinajstić information content (AvgIpc) is 3.34. The van der Waals surface area contributed by atoms with E-state index in [0.717, 1.165) is 44.7 Å². The average molecular weight is 457 g/mol. The molecule has 0 spiro atoms. The lowest BCUT2D eigenvalue weighted by Gasteiger charge is -2.13. The van der Waals surface area contributed by atoms with Gasteiger partial charge in [0.25, 0.3) is 5.91 Å². The van der Waals surface area contributed by atoms with Gasteiger partial charge in [-0.05, 0) is 74.2 Å². The summed E-state index contributed by atoms with van der Waals surface area (Å²) in [6.45, 7) is 6.40. The summed E-state index contributed by atoms with van der Waals surface area (Å²) in [7, 11) is 0. The number of amides is 1. The fourth-order valence-corrected chi connectivity index (χ4v) is 4.36. The fraction of sp³-hybridized carbons (Fsp3) is 0.185. The number of halogens is 1. The monoisotopic (exact) mass is 456 g/mol. The summed E-state index contributed by atoms with van der Waals surface area (Å²) < 4.78 is 2.09. The number of nitrogens with one attached hydrogen (secondary N) is 2. The van der Waals surface area contributed by atoms with Crippen LogP contribution in [0.25, 0.3) is 22.7 Å². The molecular formula is C27H25ClN4O. The lowest BCUT2D eigenvalue weighted by molar-refractivity contribution is -0.117. The van der Waals surface area contributed by atoms with Gasteiger partial charge in [0.15, 0.2) is 0 Å². The standard InChI is InChI=1S/C27H25ClN4O/c1-17-13-21(19(3)32(17)26-10-6-8-24(28)18(26)2)14-22(15-29)27(33)30-12-11-20-16-31-25-9-5-4-7-23(20)25/h4-10,13-14,16,31H,11-12H2,1-3H3,(H,30,33)/b22-14-. The molecule has 4 rings (SSSR count). The van der Waals surface area contributed by atoms with E-state index in [4.69, 9.17) is 11.6 Å². The van der Waals surface area contributed by atoms with E-state index in [-0.39, 0.29) is 11.5 Å². The Bertz CT molecular complexity index is 1420. The summed E-state index contributed by atoms with van der Waals surface area (Å²) >= 11 is 6.32. The van der Waals surface area contributed by atoms with Crippen molar-refractivity contribution in [2.45, 2.75) is 27.2 Å². The van der Waals surface area contributed by atoms with E-state index in [1.165, 1.54) is 0 Å². The Hall–Kier alpha value is -3.75. The van der Waals surface area contributed by atoms with Crippen molar-refractivity contribution < 1.29 is 4.79 Å². The van der Waals surface area contributed by atoms with E-state index in [1.807, 2.05) is 69.4 Å². The lowest BCUT2D eigenvalue weighted by atomic mass is 10.1. The Morgan fingerprint density at radius 3 is 2.76 bits per heavy atom. The first-order chi connectivity index (χ1) is 15.9. The molecule has 0 saturated carbocycles. The first kappa shape index (κ1) is 22.4. The van der Waals surface area contributed by atoms with E-state index in [2.05, 4.69) is 27.0 Å². The minimum absolute atomic E-state index is 0.0805. The highest BCUT2D eigenvalue weighted by molar-refractivity contribution is 6.31. The minimum atomic E-state index is -0.374. The molecule has 2 N–H and O–H groups in total. The summed E-state index contributed by atoms with van der Waals surface area (Å²) in [6.07, 6.45) is 4.29. The zero-order chi connectivity index (χ0) is 23.5. The zero-order valence-electron chi connectivity index (χ0n) is 18.9. The Labute approximate surface area is 198 Å². The number of aromatic nitrogens is 2. The quantitative estimate of drug-likeness (QED) is 0.284. The van der Waals surface area contributed by atoms with Gasteiger partial charge in [-0.3, -0.25) is 4.79 Å². The maximum atomic E-state index is 12.7. The van der Waals surface area contributed by atoms with Crippen LogP contribution in [0.1, 0.15) is 28.1 Å². The first-order valence-corrected chi connectivity index (χ1v) is 11.2. The van der Waals surface area contributed by atoms with Crippen LogP contribution in [0, 0.1) is 32.1 Å². The molecule has 0 saturated heterocycles. The van der Waals surface area contributed by atoms with Crippen LogP contribution >= 0.6 is 11.6 Å². The van der Waals surface area contributed by atoms with E-state index >= 15 is 0 Å². The second kappa shape index (κ2) is 9.40. The van der Waals surface area contributed by atoms with Crippen molar-refractivity contribution in [3.05, 3.63) is 93.4 Å². The number of rotatable bonds is 6. The SMILES string of the molecule is Cc1c(Cl)cccc1-n1c(C)cc(/C=C(/C#N)C(=O)NCCc2c[nH]c3ccccc23)c1C. The third-order valence-corrected chi connectivity index (χ3v) is 6.38. The Kier molecular flexibility index (Phi) is 6.39. The molecular weight excluding hydrogens is 432 g/mol. The number of carbonyl (C=O) groups is 1. The van der Waals surface area contributed by atoms with Crippen molar-refractivity contribution in [1.82, 2.24) is 14.9 Å². The fourth-order valence-electron chi connectivity index (χ4n) is 4.19. The summed E-state index contributed by atoms with van der Waals surface area (Å²) in [5, 5.41) is 14.4. The van der Waals surface area contributed by atoms with Crippen molar-refractivity contribution in [3.63, 3.8) is 0 Å². The van der Waals surface area contributed by atoms with Gasteiger partial charge in [0.1, 0.15) is 11.6 Å². The Morgan fingerprint density at radius 2 is 1.97 bits per heavy atom. The van der Waals surface area contributed by atoms with Gasteiger partial charge in [0, 0.05) is 45.7 Å². The number of aryl methyl sites for hydroxylation is 1. The molecule has 33 heavy (non-hydrogen) atoms. The largest absolute Gasteiger partial charge is 0.361 e. The van der Waals surface area contributed by atoms with Crippen LogP contribution in [0.4, 0.5) is 0 Å². The molecule has 2 aromatic heterocycles. The predicted molar refractivity (Wildman–Crippen MR) is 134 cm³/mol. The number of para-hydroxylation sites is 1. The number of nitriles is 1. The number of hydrogen-bond donors (Lipinski definition) is 2. The smallest absolute Gasteiger partial charge is 0.261 e. The van der Waals surface area contributed by atoms with E-state index in [1.54, 1.807) is 6.08 Å². The molecule has 6 heteroatoms. The molecule has 0 bridgehead atoms. The predicted octanol–water partition coefficient (Wildman–Crippen LogP) is 5.80. The van der Waals surface area contributed by atoms with E-state index in [0.29, 0.717) is 18.0 Å². The molecule has 0 aliphatic carbocycles. The van der Waals surface area contributed by atoms with Gasteiger partial charge in [-0.1, -0.05) is 35.9 Å². The second-order valence-electron chi connectivity index (χ2n) is 8.08. The first-order valence-electron chi connectivity index (χ1n) is 10.8. The molecule has 0 aliphatic rings.